The van der Waals surface area contributed by atoms with Gasteiger partial charge in [0.25, 0.3) is 0 Å². The molecule has 0 aromatic heterocycles. The van der Waals surface area contributed by atoms with Gasteiger partial charge in [-0.1, -0.05) is 13.3 Å². The molecule has 3 nitrogen and oxygen atoms in total. The number of nitrogens with zero attached hydrogens (tertiary/aromatic N) is 1. The van der Waals surface area contributed by atoms with Gasteiger partial charge in [-0.15, -0.1) is 0 Å². The standard InChI is InChI=1S/C9H18N2O/c1-3-8-5-6-11(7-8)9(12)10-4-2/h8H,3-7H2,1-2H3,(H,10,12)/t8-/m0/s1. The zero-order valence-corrected chi connectivity index (χ0v) is 7.97. The molecule has 0 radical (unpaired) electrons. The zero-order valence-electron chi connectivity index (χ0n) is 7.97. The van der Waals surface area contributed by atoms with Gasteiger partial charge in [-0.05, 0) is 19.3 Å². The third kappa shape index (κ3) is 2.13. The van der Waals surface area contributed by atoms with Gasteiger partial charge in [0.05, 0.1) is 0 Å². The second-order valence-corrected chi connectivity index (χ2v) is 3.34. The van der Waals surface area contributed by atoms with Gasteiger partial charge in [-0.3, -0.25) is 0 Å². The summed E-state index contributed by atoms with van der Waals surface area (Å²) >= 11 is 0. The van der Waals surface area contributed by atoms with Gasteiger partial charge in [-0.25, -0.2) is 4.79 Å². The van der Waals surface area contributed by atoms with Crippen molar-refractivity contribution in [3.05, 3.63) is 0 Å². The van der Waals surface area contributed by atoms with E-state index >= 15 is 0 Å². The van der Waals surface area contributed by atoms with E-state index in [1.807, 2.05) is 11.8 Å². The fourth-order valence-corrected chi connectivity index (χ4v) is 1.61. The van der Waals surface area contributed by atoms with Crippen molar-refractivity contribution in [3.8, 4) is 0 Å². The highest BCUT2D eigenvalue weighted by molar-refractivity contribution is 5.74. The molecule has 0 spiro atoms. The van der Waals surface area contributed by atoms with Crippen LogP contribution in [0.15, 0.2) is 0 Å². The summed E-state index contributed by atoms with van der Waals surface area (Å²) in [7, 11) is 0. The highest BCUT2D eigenvalue weighted by Gasteiger charge is 2.24. The Morgan fingerprint density at radius 2 is 2.33 bits per heavy atom. The molecule has 12 heavy (non-hydrogen) atoms. The van der Waals surface area contributed by atoms with E-state index in [2.05, 4.69) is 12.2 Å². The van der Waals surface area contributed by atoms with Crippen LogP contribution in [0.2, 0.25) is 0 Å². The van der Waals surface area contributed by atoms with Crippen LogP contribution < -0.4 is 5.32 Å². The number of hydrogen-bond acceptors (Lipinski definition) is 1. The van der Waals surface area contributed by atoms with E-state index in [0.29, 0.717) is 0 Å². The first-order chi connectivity index (χ1) is 5.77. The Balaban J connectivity index is 2.31. The topological polar surface area (TPSA) is 32.3 Å². The van der Waals surface area contributed by atoms with Gasteiger partial charge >= 0.3 is 6.03 Å². The lowest BCUT2D eigenvalue weighted by atomic mass is 10.1. The van der Waals surface area contributed by atoms with E-state index < -0.39 is 0 Å². The van der Waals surface area contributed by atoms with Crippen LogP contribution in [-0.4, -0.2) is 30.6 Å². The van der Waals surface area contributed by atoms with E-state index in [9.17, 15) is 4.79 Å². The van der Waals surface area contributed by atoms with Crippen LogP contribution in [0.5, 0.6) is 0 Å². The minimum Gasteiger partial charge on any atom is -0.338 e. The molecule has 1 heterocycles. The number of amides is 2. The maximum atomic E-state index is 11.3. The van der Waals surface area contributed by atoms with Crippen molar-refractivity contribution in [2.45, 2.75) is 26.7 Å². The van der Waals surface area contributed by atoms with Gasteiger partial charge in [0, 0.05) is 19.6 Å². The lowest BCUT2D eigenvalue weighted by Gasteiger charge is -2.16. The van der Waals surface area contributed by atoms with E-state index in [0.717, 1.165) is 25.6 Å². The second-order valence-electron chi connectivity index (χ2n) is 3.34. The average molecular weight is 170 g/mol. The predicted octanol–water partition coefficient (Wildman–Crippen LogP) is 1.45. The number of carbonyl (C=O) groups is 1. The summed E-state index contributed by atoms with van der Waals surface area (Å²) in [4.78, 5) is 13.2. The number of hydrogen-bond donors (Lipinski definition) is 1. The summed E-state index contributed by atoms with van der Waals surface area (Å²) in [6, 6.07) is 0.105. The molecule has 0 bridgehead atoms. The molecule has 1 N–H and O–H groups in total. The molecule has 1 aliphatic heterocycles. The van der Waals surface area contributed by atoms with E-state index in [1.54, 1.807) is 0 Å². The number of urea groups is 1. The summed E-state index contributed by atoms with van der Waals surface area (Å²) < 4.78 is 0. The molecule has 0 aliphatic carbocycles. The van der Waals surface area contributed by atoms with Crippen LogP contribution in [0.3, 0.4) is 0 Å². The van der Waals surface area contributed by atoms with Crippen molar-refractivity contribution in [1.82, 2.24) is 10.2 Å². The number of nitrogens with one attached hydrogen (secondary N) is 1. The Kier molecular flexibility index (Phi) is 3.38. The minimum absolute atomic E-state index is 0.105. The average Bonchev–Trinajstić information content (AvgIpc) is 2.52. The highest BCUT2D eigenvalue weighted by atomic mass is 16.2. The van der Waals surface area contributed by atoms with Crippen LogP contribution in [0.4, 0.5) is 4.79 Å². The van der Waals surface area contributed by atoms with E-state index in [-0.39, 0.29) is 6.03 Å². The molecule has 3 heteroatoms. The Bertz CT molecular complexity index is 159. The third-order valence-electron chi connectivity index (χ3n) is 2.48. The van der Waals surface area contributed by atoms with Gasteiger partial charge in [0.1, 0.15) is 0 Å². The summed E-state index contributed by atoms with van der Waals surface area (Å²) in [6.45, 7) is 6.75. The quantitative estimate of drug-likeness (QED) is 0.668. The molecule has 70 valence electrons. The second kappa shape index (κ2) is 4.33. The lowest BCUT2D eigenvalue weighted by molar-refractivity contribution is 0.207. The maximum Gasteiger partial charge on any atom is 0.317 e. The molecular weight excluding hydrogens is 152 g/mol. The summed E-state index contributed by atoms with van der Waals surface area (Å²) in [5.41, 5.74) is 0. The fraction of sp³-hybridized carbons (Fsp3) is 0.889. The largest absolute Gasteiger partial charge is 0.338 e. The highest BCUT2D eigenvalue weighted by Crippen LogP contribution is 2.18. The summed E-state index contributed by atoms with van der Waals surface area (Å²) in [5, 5.41) is 2.82. The monoisotopic (exact) mass is 170 g/mol. The Labute approximate surface area is 74.1 Å². The Morgan fingerprint density at radius 1 is 1.58 bits per heavy atom. The van der Waals surface area contributed by atoms with Gasteiger partial charge in [0.15, 0.2) is 0 Å². The van der Waals surface area contributed by atoms with E-state index in [4.69, 9.17) is 0 Å². The molecular formula is C9H18N2O. The molecule has 1 atom stereocenters. The SMILES string of the molecule is CCNC(=O)N1CC[C@H](CC)C1. The van der Waals surface area contributed by atoms with Crippen molar-refractivity contribution < 1.29 is 4.79 Å². The predicted molar refractivity (Wildman–Crippen MR) is 49.0 cm³/mol. The zero-order chi connectivity index (χ0) is 8.97. The van der Waals surface area contributed by atoms with Gasteiger partial charge in [0.2, 0.25) is 0 Å². The fourth-order valence-electron chi connectivity index (χ4n) is 1.61. The van der Waals surface area contributed by atoms with Crippen molar-refractivity contribution in [3.63, 3.8) is 0 Å². The van der Waals surface area contributed by atoms with Gasteiger partial charge in [-0.2, -0.15) is 0 Å². The summed E-state index contributed by atoms with van der Waals surface area (Å²) in [6.07, 6.45) is 2.36. The number of likely N-dealkylation sites (tertiary alicyclic amines) is 1. The Morgan fingerprint density at radius 3 is 2.83 bits per heavy atom. The molecule has 0 aromatic carbocycles. The third-order valence-corrected chi connectivity index (χ3v) is 2.48. The molecule has 1 aliphatic rings. The molecule has 2 amide bonds. The van der Waals surface area contributed by atoms with E-state index in [1.165, 1.54) is 12.8 Å². The van der Waals surface area contributed by atoms with Gasteiger partial charge < -0.3 is 10.2 Å². The van der Waals surface area contributed by atoms with Crippen molar-refractivity contribution in [2.75, 3.05) is 19.6 Å². The van der Waals surface area contributed by atoms with Crippen molar-refractivity contribution in [1.29, 1.82) is 0 Å². The maximum absolute atomic E-state index is 11.3. The first-order valence-corrected chi connectivity index (χ1v) is 4.80. The van der Waals surface area contributed by atoms with Crippen molar-refractivity contribution >= 4 is 6.03 Å². The number of rotatable bonds is 2. The Hall–Kier alpha value is -0.730. The molecule has 0 saturated carbocycles. The molecule has 0 unspecified atom stereocenters. The van der Waals surface area contributed by atoms with Crippen LogP contribution in [0.1, 0.15) is 26.7 Å². The van der Waals surface area contributed by atoms with Crippen LogP contribution in [-0.2, 0) is 0 Å². The molecule has 1 fully saturated rings. The normalized spacial score (nSPS) is 22.8. The first kappa shape index (κ1) is 9.36. The van der Waals surface area contributed by atoms with Crippen molar-refractivity contribution in [2.24, 2.45) is 5.92 Å². The van der Waals surface area contributed by atoms with Crippen LogP contribution >= 0.6 is 0 Å². The smallest absolute Gasteiger partial charge is 0.317 e. The van der Waals surface area contributed by atoms with Crippen LogP contribution in [0.25, 0.3) is 0 Å². The molecule has 1 rings (SSSR count). The first-order valence-electron chi connectivity index (χ1n) is 4.80. The molecule has 0 aromatic rings. The van der Waals surface area contributed by atoms with Crippen LogP contribution in [0, 0.1) is 5.92 Å². The number of carbonyl (C=O) groups excluding carboxylic acids is 1. The minimum atomic E-state index is 0.105. The molecule has 1 saturated heterocycles. The summed E-state index contributed by atoms with van der Waals surface area (Å²) in [5.74, 6) is 0.729. The lowest BCUT2D eigenvalue weighted by Crippen LogP contribution is -2.38.